The van der Waals surface area contributed by atoms with Crippen LogP contribution in [0.3, 0.4) is 0 Å². The summed E-state index contributed by atoms with van der Waals surface area (Å²) < 4.78 is 0. The largest absolute Gasteiger partial charge is 0.273 e. The van der Waals surface area contributed by atoms with Crippen molar-refractivity contribution < 1.29 is 9.63 Å². The summed E-state index contributed by atoms with van der Waals surface area (Å²) in [5.74, 6) is -0.0609. The van der Waals surface area contributed by atoms with Crippen LogP contribution < -0.4 is 5.48 Å². The summed E-state index contributed by atoms with van der Waals surface area (Å²) in [5.41, 5.74) is 3.49. The maximum atomic E-state index is 11.3. The van der Waals surface area contributed by atoms with Gasteiger partial charge in [-0.3, -0.25) is 9.63 Å². The SMILES string of the molecule is CC[C@H](C)C(=O)NOCc1ccccc1. The Labute approximate surface area is 90.4 Å². The molecule has 0 radical (unpaired) electrons. The molecule has 0 saturated carbocycles. The maximum absolute atomic E-state index is 11.3. The Morgan fingerprint density at radius 3 is 2.67 bits per heavy atom. The molecule has 1 rings (SSSR count). The van der Waals surface area contributed by atoms with E-state index in [0.29, 0.717) is 6.61 Å². The van der Waals surface area contributed by atoms with Gasteiger partial charge in [0.15, 0.2) is 0 Å². The van der Waals surface area contributed by atoms with Crippen molar-refractivity contribution in [2.24, 2.45) is 5.92 Å². The van der Waals surface area contributed by atoms with Gasteiger partial charge in [0.05, 0.1) is 6.61 Å². The fraction of sp³-hybridized carbons (Fsp3) is 0.417. The van der Waals surface area contributed by atoms with Crippen LogP contribution in [0.15, 0.2) is 30.3 Å². The normalized spacial score (nSPS) is 12.1. The lowest BCUT2D eigenvalue weighted by molar-refractivity contribution is -0.138. The van der Waals surface area contributed by atoms with Crippen LogP contribution in [0.25, 0.3) is 0 Å². The molecule has 15 heavy (non-hydrogen) atoms. The van der Waals surface area contributed by atoms with E-state index in [1.54, 1.807) is 0 Å². The molecule has 1 atom stereocenters. The van der Waals surface area contributed by atoms with E-state index in [4.69, 9.17) is 4.84 Å². The monoisotopic (exact) mass is 207 g/mol. The zero-order chi connectivity index (χ0) is 11.1. The molecule has 0 saturated heterocycles. The van der Waals surface area contributed by atoms with Crippen LogP contribution in [0.5, 0.6) is 0 Å². The molecule has 0 bridgehead atoms. The second kappa shape index (κ2) is 6.19. The lowest BCUT2D eigenvalue weighted by Gasteiger charge is -2.09. The number of hydrogen-bond donors (Lipinski definition) is 1. The third kappa shape index (κ3) is 4.13. The maximum Gasteiger partial charge on any atom is 0.246 e. The van der Waals surface area contributed by atoms with Gasteiger partial charge in [-0.1, -0.05) is 44.2 Å². The molecule has 0 spiro atoms. The molecule has 82 valence electrons. The lowest BCUT2D eigenvalue weighted by atomic mass is 10.1. The van der Waals surface area contributed by atoms with Gasteiger partial charge < -0.3 is 0 Å². The van der Waals surface area contributed by atoms with Gasteiger partial charge in [0.25, 0.3) is 0 Å². The number of amides is 1. The van der Waals surface area contributed by atoms with E-state index in [1.165, 1.54) is 0 Å². The Bertz CT molecular complexity index is 298. The highest BCUT2D eigenvalue weighted by Crippen LogP contribution is 2.02. The summed E-state index contributed by atoms with van der Waals surface area (Å²) in [5, 5.41) is 0. The topological polar surface area (TPSA) is 38.3 Å². The highest BCUT2D eigenvalue weighted by Gasteiger charge is 2.09. The quantitative estimate of drug-likeness (QED) is 0.752. The number of nitrogens with one attached hydrogen (secondary N) is 1. The average molecular weight is 207 g/mol. The van der Waals surface area contributed by atoms with E-state index in [9.17, 15) is 4.79 Å². The van der Waals surface area contributed by atoms with Crippen molar-refractivity contribution in [2.75, 3.05) is 0 Å². The van der Waals surface area contributed by atoms with Gasteiger partial charge in [-0.2, -0.15) is 0 Å². The number of rotatable bonds is 5. The van der Waals surface area contributed by atoms with Gasteiger partial charge in [0.1, 0.15) is 0 Å². The molecule has 1 aromatic carbocycles. The van der Waals surface area contributed by atoms with E-state index in [-0.39, 0.29) is 11.8 Å². The highest BCUT2D eigenvalue weighted by atomic mass is 16.6. The fourth-order valence-electron chi connectivity index (χ4n) is 1.05. The second-order valence-electron chi connectivity index (χ2n) is 3.55. The predicted octanol–water partition coefficient (Wildman–Crippen LogP) is 2.28. The van der Waals surface area contributed by atoms with Gasteiger partial charge in [-0.05, 0) is 12.0 Å². The molecule has 1 aromatic rings. The van der Waals surface area contributed by atoms with Crippen LogP contribution in [0.1, 0.15) is 25.8 Å². The Kier molecular flexibility index (Phi) is 4.84. The van der Waals surface area contributed by atoms with Crippen molar-refractivity contribution >= 4 is 5.91 Å². The van der Waals surface area contributed by atoms with E-state index >= 15 is 0 Å². The first-order valence-corrected chi connectivity index (χ1v) is 5.19. The number of hydroxylamine groups is 1. The molecule has 3 nitrogen and oxygen atoms in total. The zero-order valence-electron chi connectivity index (χ0n) is 9.19. The smallest absolute Gasteiger partial charge is 0.246 e. The predicted molar refractivity (Wildman–Crippen MR) is 58.8 cm³/mol. The van der Waals surface area contributed by atoms with Gasteiger partial charge in [0, 0.05) is 5.92 Å². The molecular weight excluding hydrogens is 190 g/mol. The molecule has 3 heteroatoms. The van der Waals surface area contributed by atoms with Crippen molar-refractivity contribution in [3.8, 4) is 0 Å². The Morgan fingerprint density at radius 1 is 1.40 bits per heavy atom. The molecule has 0 heterocycles. The van der Waals surface area contributed by atoms with Crippen LogP contribution in [0.2, 0.25) is 0 Å². The number of benzene rings is 1. The molecule has 0 fully saturated rings. The van der Waals surface area contributed by atoms with Gasteiger partial charge in [-0.15, -0.1) is 0 Å². The Hall–Kier alpha value is -1.35. The van der Waals surface area contributed by atoms with E-state index < -0.39 is 0 Å². The summed E-state index contributed by atoms with van der Waals surface area (Å²) in [6.45, 7) is 4.26. The zero-order valence-corrected chi connectivity index (χ0v) is 9.19. The summed E-state index contributed by atoms with van der Waals surface area (Å²) >= 11 is 0. The van der Waals surface area contributed by atoms with Crippen molar-refractivity contribution in [1.29, 1.82) is 0 Å². The third-order valence-electron chi connectivity index (χ3n) is 2.31. The summed E-state index contributed by atoms with van der Waals surface area (Å²) in [6.07, 6.45) is 0.820. The van der Waals surface area contributed by atoms with Crippen LogP contribution in [0.4, 0.5) is 0 Å². The first-order chi connectivity index (χ1) is 7.24. The molecule has 0 unspecified atom stereocenters. The van der Waals surface area contributed by atoms with E-state index in [1.807, 2.05) is 44.2 Å². The van der Waals surface area contributed by atoms with E-state index in [0.717, 1.165) is 12.0 Å². The molecule has 1 N–H and O–H groups in total. The Balaban J connectivity index is 2.25. The fourth-order valence-corrected chi connectivity index (χ4v) is 1.05. The molecule has 0 aliphatic rings. The molecule has 1 amide bonds. The van der Waals surface area contributed by atoms with Gasteiger partial charge >= 0.3 is 0 Å². The standard InChI is InChI=1S/C12H17NO2/c1-3-10(2)12(14)13-15-9-11-7-5-4-6-8-11/h4-8,10H,3,9H2,1-2H3,(H,13,14)/t10-/m0/s1. The summed E-state index contributed by atoms with van der Waals surface area (Å²) in [6, 6.07) is 9.73. The minimum atomic E-state index is -0.0616. The van der Waals surface area contributed by atoms with Crippen molar-refractivity contribution in [3.05, 3.63) is 35.9 Å². The molecule has 0 aliphatic heterocycles. The van der Waals surface area contributed by atoms with E-state index in [2.05, 4.69) is 5.48 Å². The minimum Gasteiger partial charge on any atom is -0.273 e. The van der Waals surface area contributed by atoms with Gasteiger partial charge in [-0.25, -0.2) is 5.48 Å². The van der Waals surface area contributed by atoms with Crippen LogP contribution in [-0.2, 0) is 16.2 Å². The molecule has 0 aliphatic carbocycles. The highest BCUT2D eigenvalue weighted by molar-refractivity contribution is 5.77. The third-order valence-corrected chi connectivity index (χ3v) is 2.31. The Morgan fingerprint density at radius 2 is 2.07 bits per heavy atom. The molecule has 0 aromatic heterocycles. The van der Waals surface area contributed by atoms with Crippen molar-refractivity contribution in [2.45, 2.75) is 26.9 Å². The van der Waals surface area contributed by atoms with Crippen LogP contribution in [0, 0.1) is 5.92 Å². The van der Waals surface area contributed by atoms with Crippen LogP contribution >= 0.6 is 0 Å². The average Bonchev–Trinajstić information content (AvgIpc) is 2.29. The summed E-state index contributed by atoms with van der Waals surface area (Å²) in [4.78, 5) is 16.4. The molecular formula is C12H17NO2. The first-order valence-electron chi connectivity index (χ1n) is 5.19. The minimum absolute atomic E-state index is 0.000716. The number of carbonyl (C=O) groups excluding carboxylic acids is 1. The number of carbonyl (C=O) groups is 1. The van der Waals surface area contributed by atoms with Crippen molar-refractivity contribution in [3.63, 3.8) is 0 Å². The van der Waals surface area contributed by atoms with Crippen molar-refractivity contribution in [1.82, 2.24) is 5.48 Å². The summed E-state index contributed by atoms with van der Waals surface area (Å²) in [7, 11) is 0. The second-order valence-corrected chi connectivity index (χ2v) is 3.55. The number of hydrogen-bond acceptors (Lipinski definition) is 2. The first kappa shape index (κ1) is 11.7. The van der Waals surface area contributed by atoms with Gasteiger partial charge in [0.2, 0.25) is 5.91 Å². The van der Waals surface area contributed by atoms with Crippen LogP contribution in [-0.4, -0.2) is 5.91 Å². The lowest BCUT2D eigenvalue weighted by Crippen LogP contribution is -2.28.